The summed E-state index contributed by atoms with van der Waals surface area (Å²) in [6.45, 7) is 0. The highest BCUT2D eigenvalue weighted by Gasteiger charge is 2.16. The van der Waals surface area contributed by atoms with Gasteiger partial charge >= 0.3 is 0 Å². The maximum absolute atomic E-state index is 10.9. The molecule has 0 saturated heterocycles. The third-order valence-corrected chi connectivity index (χ3v) is 1.89. The molecule has 1 N–H and O–H groups in total. The minimum atomic E-state index is 0.102. The van der Waals surface area contributed by atoms with Crippen LogP contribution in [-0.2, 0) is 11.2 Å². The predicted molar refractivity (Wildman–Crippen MR) is 47.0 cm³/mol. The zero-order valence-electron chi connectivity index (χ0n) is 6.35. The molecule has 1 aromatic rings. The number of carbonyl (C=O) groups excluding carboxylic acids is 1. The van der Waals surface area contributed by atoms with Gasteiger partial charge in [-0.25, -0.2) is 0 Å². The molecule has 3 heteroatoms. The van der Waals surface area contributed by atoms with E-state index in [9.17, 15) is 4.79 Å². The Kier molecular flexibility index (Phi) is 1.25. The van der Waals surface area contributed by atoms with Gasteiger partial charge in [-0.15, -0.1) is 0 Å². The summed E-state index contributed by atoms with van der Waals surface area (Å²) in [4.78, 5) is 10.9. The number of rotatable bonds is 0. The SMILES string of the molecule is Bc1ccc2c(c1)CC(=O)N2. The van der Waals surface area contributed by atoms with Crippen molar-refractivity contribution in [3.8, 4) is 0 Å². The predicted octanol–water partition coefficient (Wildman–Crippen LogP) is -0.560. The Morgan fingerprint density at radius 1 is 1.45 bits per heavy atom. The highest BCUT2D eigenvalue weighted by atomic mass is 16.1. The van der Waals surface area contributed by atoms with E-state index < -0.39 is 0 Å². The molecule has 0 fully saturated rings. The molecule has 0 radical (unpaired) electrons. The average Bonchev–Trinajstić information content (AvgIpc) is 2.27. The first kappa shape index (κ1) is 6.46. The number of nitrogens with one attached hydrogen (secondary N) is 1. The maximum atomic E-state index is 10.9. The van der Waals surface area contributed by atoms with E-state index in [1.165, 1.54) is 5.46 Å². The number of benzene rings is 1. The maximum Gasteiger partial charge on any atom is 0.228 e. The topological polar surface area (TPSA) is 29.1 Å². The normalized spacial score (nSPS) is 14.4. The van der Waals surface area contributed by atoms with Gasteiger partial charge in [-0.1, -0.05) is 17.6 Å². The van der Waals surface area contributed by atoms with Crippen molar-refractivity contribution in [3.63, 3.8) is 0 Å². The number of hydrogen-bond donors (Lipinski definition) is 1. The van der Waals surface area contributed by atoms with Gasteiger partial charge in [0.15, 0.2) is 0 Å². The fourth-order valence-corrected chi connectivity index (χ4v) is 1.36. The zero-order valence-corrected chi connectivity index (χ0v) is 6.35. The molecule has 1 aliphatic heterocycles. The minimum Gasteiger partial charge on any atom is -0.326 e. The van der Waals surface area contributed by atoms with Crippen LogP contribution in [0.3, 0.4) is 0 Å². The second kappa shape index (κ2) is 2.12. The summed E-state index contributed by atoms with van der Waals surface area (Å²) in [7, 11) is 2.03. The summed E-state index contributed by atoms with van der Waals surface area (Å²) in [5, 5.41) is 2.79. The molecule has 2 rings (SSSR count). The first-order valence-corrected chi connectivity index (χ1v) is 3.65. The molecule has 0 aromatic heterocycles. The van der Waals surface area contributed by atoms with Gasteiger partial charge in [0.25, 0.3) is 0 Å². The number of hydrogen-bond acceptors (Lipinski definition) is 1. The number of anilines is 1. The summed E-state index contributed by atoms with van der Waals surface area (Å²) in [5.74, 6) is 0.102. The number of carbonyl (C=O) groups is 1. The minimum absolute atomic E-state index is 0.102. The van der Waals surface area contributed by atoms with E-state index in [1.54, 1.807) is 0 Å². The molecule has 1 aliphatic rings. The van der Waals surface area contributed by atoms with E-state index in [1.807, 2.05) is 26.0 Å². The molecule has 1 amide bonds. The second-order valence-electron chi connectivity index (χ2n) is 2.89. The van der Waals surface area contributed by atoms with Gasteiger partial charge in [-0.2, -0.15) is 0 Å². The Hall–Kier alpha value is -1.25. The molecule has 1 aromatic carbocycles. The second-order valence-corrected chi connectivity index (χ2v) is 2.89. The van der Waals surface area contributed by atoms with Crippen molar-refractivity contribution in [3.05, 3.63) is 23.8 Å². The molecule has 0 aliphatic carbocycles. The molecule has 2 nitrogen and oxygen atoms in total. The van der Waals surface area contributed by atoms with Crippen molar-refractivity contribution in [2.45, 2.75) is 6.42 Å². The van der Waals surface area contributed by atoms with Gasteiger partial charge in [0, 0.05) is 5.69 Å². The van der Waals surface area contributed by atoms with E-state index in [0.717, 1.165) is 11.3 Å². The Morgan fingerprint density at radius 2 is 2.27 bits per heavy atom. The summed E-state index contributed by atoms with van der Waals surface area (Å²) in [5.41, 5.74) is 3.30. The van der Waals surface area contributed by atoms with Gasteiger partial charge < -0.3 is 5.32 Å². The monoisotopic (exact) mass is 145 g/mol. The van der Waals surface area contributed by atoms with Gasteiger partial charge in [-0.05, 0) is 11.6 Å². The van der Waals surface area contributed by atoms with E-state index in [0.29, 0.717) is 6.42 Å². The Bertz CT molecular complexity index is 322. The third-order valence-electron chi connectivity index (χ3n) is 1.89. The molecule has 1 heterocycles. The van der Waals surface area contributed by atoms with Crippen molar-refractivity contribution in [2.24, 2.45) is 0 Å². The lowest BCUT2D eigenvalue weighted by Gasteiger charge is -1.97. The van der Waals surface area contributed by atoms with Crippen molar-refractivity contribution in [2.75, 3.05) is 5.32 Å². The van der Waals surface area contributed by atoms with Crippen molar-refractivity contribution < 1.29 is 4.79 Å². The molecular weight excluding hydrogens is 137 g/mol. The van der Waals surface area contributed by atoms with Crippen molar-refractivity contribution >= 4 is 24.9 Å². The summed E-state index contributed by atoms with van der Waals surface area (Å²) in [6.07, 6.45) is 0.539. The number of fused-ring (bicyclic) bond motifs is 1. The average molecular weight is 145 g/mol. The van der Waals surface area contributed by atoms with E-state index in [2.05, 4.69) is 5.32 Å². The van der Waals surface area contributed by atoms with Crippen LogP contribution in [0.25, 0.3) is 0 Å². The van der Waals surface area contributed by atoms with Crippen LogP contribution < -0.4 is 10.8 Å². The highest BCUT2D eigenvalue weighted by molar-refractivity contribution is 6.32. The molecule has 0 spiro atoms. The lowest BCUT2D eigenvalue weighted by molar-refractivity contribution is -0.115. The van der Waals surface area contributed by atoms with Gasteiger partial charge in [-0.3, -0.25) is 4.79 Å². The van der Waals surface area contributed by atoms with E-state index in [4.69, 9.17) is 0 Å². The van der Waals surface area contributed by atoms with Crippen LogP contribution in [0.2, 0.25) is 0 Å². The Labute approximate surface area is 66.0 Å². The Morgan fingerprint density at radius 3 is 3.09 bits per heavy atom. The molecule has 0 bridgehead atoms. The highest BCUT2D eigenvalue weighted by Crippen LogP contribution is 2.20. The third kappa shape index (κ3) is 1.02. The van der Waals surface area contributed by atoms with Crippen LogP contribution in [0.4, 0.5) is 5.69 Å². The van der Waals surface area contributed by atoms with E-state index in [-0.39, 0.29) is 5.91 Å². The van der Waals surface area contributed by atoms with Crippen molar-refractivity contribution in [1.29, 1.82) is 0 Å². The fourth-order valence-electron chi connectivity index (χ4n) is 1.36. The lowest BCUT2D eigenvalue weighted by Crippen LogP contribution is -2.03. The zero-order chi connectivity index (χ0) is 7.84. The van der Waals surface area contributed by atoms with Gasteiger partial charge in [0.1, 0.15) is 7.85 Å². The summed E-state index contributed by atoms with van der Waals surface area (Å²) < 4.78 is 0. The van der Waals surface area contributed by atoms with Gasteiger partial charge in [0.2, 0.25) is 5.91 Å². The summed E-state index contributed by atoms with van der Waals surface area (Å²) in [6, 6.07) is 6.01. The molecule has 0 saturated carbocycles. The molecule has 0 atom stereocenters. The van der Waals surface area contributed by atoms with Crippen LogP contribution in [0, 0.1) is 0 Å². The Balaban J connectivity index is 2.51. The van der Waals surface area contributed by atoms with Crippen molar-refractivity contribution in [1.82, 2.24) is 0 Å². The molecular formula is C8H8BNO. The van der Waals surface area contributed by atoms with Crippen LogP contribution in [0.15, 0.2) is 18.2 Å². The molecule has 11 heavy (non-hydrogen) atoms. The van der Waals surface area contributed by atoms with Crippen LogP contribution in [-0.4, -0.2) is 13.8 Å². The largest absolute Gasteiger partial charge is 0.326 e. The molecule has 54 valence electrons. The first-order chi connectivity index (χ1) is 5.25. The fraction of sp³-hybridized carbons (Fsp3) is 0.125. The summed E-state index contributed by atoms with van der Waals surface area (Å²) >= 11 is 0. The quantitative estimate of drug-likeness (QED) is 0.487. The number of amides is 1. The lowest BCUT2D eigenvalue weighted by atomic mass is 9.94. The van der Waals surface area contributed by atoms with Crippen LogP contribution in [0.5, 0.6) is 0 Å². The first-order valence-electron chi connectivity index (χ1n) is 3.65. The van der Waals surface area contributed by atoms with E-state index >= 15 is 0 Å². The van der Waals surface area contributed by atoms with Gasteiger partial charge in [0.05, 0.1) is 6.42 Å². The van der Waals surface area contributed by atoms with Crippen LogP contribution >= 0.6 is 0 Å². The standard InChI is InChI=1S/C8H8BNO/c9-6-1-2-7-5(3-6)4-8(11)10-7/h1-3H,4,9H2,(H,10,11). The molecule has 0 unspecified atom stereocenters. The van der Waals surface area contributed by atoms with Crippen LogP contribution in [0.1, 0.15) is 5.56 Å². The smallest absolute Gasteiger partial charge is 0.228 e.